The molecule has 2 fully saturated rings. The van der Waals surface area contributed by atoms with Crippen LogP contribution in [-0.2, 0) is 9.53 Å². The summed E-state index contributed by atoms with van der Waals surface area (Å²) < 4.78 is 11.8. The fraction of sp³-hybridized carbons (Fsp3) is 0.552. The predicted molar refractivity (Wildman–Crippen MR) is 149 cm³/mol. The van der Waals surface area contributed by atoms with Crippen LogP contribution in [0.3, 0.4) is 0 Å². The number of benzene rings is 2. The molecule has 1 N–H and O–H groups in total. The van der Waals surface area contributed by atoms with Crippen molar-refractivity contribution in [3.8, 4) is 5.75 Å². The van der Waals surface area contributed by atoms with Gasteiger partial charge >= 0.3 is 0 Å². The quantitative estimate of drug-likeness (QED) is 0.344. The van der Waals surface area contributed by atoms with Crippen LogP contribution < -0.4 is 15.0 Å². The number of ether oxygens (including phenoxy) is 2. The fourth-order valence-electron chi connectivity index (χ4n) is 5.07. The molecular weight excluding hydrogens is 484 g/mol. The fourth-order valence-corrected chi connectivity index (χ4v) is 5.07. The first kappa shape index (κ1) is 27.7. The summed E-state index contributed by atoms with van der Waals surface area (Å²) in [6, 6.07) is 13.7. The highest BCUT2D eigenvalue weighted by atomic mass is 16.6. The van der Waals surface area contributed by atoms with Gasteiger partial charge in [0, 0.05) is 55.2 Å². The summed E-state index contributed by atoms with van der Waals surface area (Å²) in [6.45, 7) is 9.86. The van der Waals surface area contributed by atoms with Gasteiger partial charge < -0.3 is 24.6 Å². The number of aryl methyl sites for hydroxylation is 1. The lowest BCUT2D eigenvalue weighted by Crippen LogP contribution is -2.50. The molecule has 4 rings (SSSR count). The molecule has 9 heteroatoms. The van der Waals surface area contributed by atoms with E-state index >= 15 is 0 Å². The van der Waals surface area contributed by atoms with Crippen molar-refractivity contribution in [3.05, 3.63) is 58.1 Å². The van der Waals surface area contributed by atoms with Gasteiger partial charge in [-0.15, -0.1) is 0 Å². The van der Waals surface area contributed by atoms with Crippen molar-refractivity contribution in [2.45, 2.75) is 58.6 Å². The highest BCUT2D eigenvalue weighted by Crippen LogP contribution is 2.27. The van der Waals surface area contributed by atoms with E-state index in [-0.39, 0.29) is 29.2 Å². The molecule has 9 nitrogen and oxygen atoms in total. The van der Waals surface area contributed by atoms with E-state index in [1.165, 1.54) is 0 Å². The van der Waals surface area contributed by atoms with Crippen molar-refractivity contribution >= 4 is 23.0 Å². The van der Waals surface area contributed by atoms with Crippen LogP contribution in [0.2, 0.25) is 0 Å². The zero-order chi connectivity index (χ0) is 27.1. The van der Waals surface area contributed by atoms with Crippen LogP contribution in [0.1, 0.15) is 45.1 Å². The minimum Gasteiger partial charge on any atom is -0.493 e. The molecule has 1 saturated heterocycles. The molecule has 1 heterocycles. The monoisotopic (exact) mass is 524 g/mol. The number of hydrogen-bond donors (Lipinski definition) is 1. The normalized spacial score (nSPS) is 19.9. The number of anilines is 2. The Balaban J connectivity index is 1.14. The van der Waals surface area contributed by atoms with Crippen molar-refractivity contribution < 1.29 is 19.2 Å². The van der Waals surface area contributed by atoms with Crippen molar-refractivity contribution in [3.63, 3.8) is 0 Å². The molecule has 0 aromatic heterocycles. The molecule has 0 bridgehead atoms. The Morgan fingerprint density at radius 1 is 1.05 bits per heavy atom. The Bertz CT molecular complexity index is 1070. The van der Waals surface area contributed by atoms with Crippen LogP contribution in [0.25, 0.3) is 0 Å². The molecule has 1 saturated carbocycles. The maximum atomic E-state index is 12.8. The average Bonchev–Trinajstić information content (AvgIpc) is 2.91. The van der Waals surface area contributed by atoms with Crippen LogP contribution in [-0.4, -0.2) is 67.3 Å². The predicted octanol–water partition coefficient (Wildman–Crippen LogP) is 5.03. The second-order valence-electron chi connectivity index (χ2n) is 10.8. The Hall–Kier alpha value is -3.33. The van der Waals surface area contributed by atoms with E-state index < -0.39 is 0 Å². The molecule has 1 aliphatic heterocycles. The van der Waals surface area contributed by atoms with Crippen LogP contribution >= 0.6 is 0 Å². The molecule has 0 atom stereocenters. The summed E-state index contributed by atoms with van der Waals surface area (Å²) in [5, 5.41) is 14.5. The number of carbonyl (C=O) groups excluding carboxylic acids is 1. The van der Waals surface area contributed by atoms with Gasteiger partial charge in [0.25, 0.3) is 5.69 Å². The van der Waals surface area contributed by atoms with Crippen molar-refractivity contribution in [2.24, 2.45) is 5.92 Å². The summed E-state index contributed by atoms with van der Waals surface area (Å²) in [5.74, 6) is 1.44. The average molecular weight is 525 g/mol. The number of amides is 1. The van der Waals surface area contributed by atoms with E-state index in [9.17, 15) is 14.9 Å². The Morgan fingerprint density at radius 3 is 2.34 bits per heavy atom. The number of nitro groups is 1. The van der Waals surface area contributed by atoms with Crippen LogP contribution in [0.4, 0.5) is 17.1 Å². The largest absolute Gasteiger partial charge is 0.493 e. The third-order valence-electron chi connectivity index (χ3n) is 7.30. The van der Waals surface area contributed by atoms with E-state index in [1.807, 2.05) is 23.1 Å². The molecule has 2 aromatic carbocycles. The van der Waals surface area contributed by atoms with E-state index in [0.717, 1.165) is 55.9 Å². The highest BCUT2D eigenvalue weighted by Gasteiger charge is 2.25. The standard InChI is InChI=1S/C29H40N4O5/c1-21(2)19-37-27-11-7-25(8-12-27)31-14-16-32(17-15-31)29(34)20-38-26-9-4-23(5-10-26)30-24-6-13-28(33(35)36)22(3)18-24/h6-8,11-13,18,21,23,26,30H,4-5,9-10,14-17,19-20H2,1-3H3. The van der Waals surface area contributed by atoms with Gasteiger partial charge in [-0.2, -0.15) is 0 Å². The number of nitro benzene ring substituents is 1. The Kier molecular flexibility index (Phi) is 9.44. The van der Waals surface area contributed by atoms with Gasteiger partial charge in [0.2, 0.25) is 5.91 Å². The van der Waals surface area contributed by atoms with Crippen LogP contribution in [0.15, 0.2) is 42.5 Å². The number of hydrogen-bond acceptors (Lipinski definition) is 7. The van der Waals surface area contributed by atoms with E-state index in [4.69, 9.17) is 9.47 Å². The Labute approximate surface area is 225 Å². The minimum absolute atomic E-state index is 0.0590. The van der Waals surface area contributed by atoms with E-state index in [0.29, 0.717) is 37.2 Å². The number of nitrogens with one attached hydrogen (secondary N) is 1. The van der Waals surface area contributed by atoms with Crippen LogP contribution in [0, 0.1) is 23.0 Å². The highest BCUT2D eigenvalue weighted by molar-refractivity contribution is 5.77. The van der Waals surface area contributed by atoms with Gasteiger partial charge in [0.05, 0.1) is 17.6 Å². The zero-order valence-electron chi connectivity index (χ0n) is 22.7. The second kappa shape index (κ2) is 13.0. The van der Waals surface area contributed by atoms with E-state index in [1.54, 1.807) is 19.1 Å². The molecule has 38 heavy (non-hydrogen) atoms. The maximum absolute atomic E-state index is 12.8. The topological polar surface area (TPSA) is 97.2 Å². The van der Waals surface area contributed by atoms with Crippen molar-refractivity contribution in [2.75, 3.05) is 49.6 Å². The molecule has 1 aliphatic carbocycles. The first-order chi connectivity index (χ1) is 18.3. The summed E-state index contributed by atoms with van der Waals surface area (Å²) in [6.07, 6.45) is 3.75. The second-order valence-corrected chi connectivity index (χ2v) is 10.8. The molecule has 1 amide bonds. The van der Waals surface area contributed by atoms with Gasteiger partial charge in [0.15, 0.2) is 0 Å². The van der Waals surface area contributed by atoms with Crippen LogP contribution in [0.5, 0.6) is 5.75 Å². The summed E-state index contributed by atoms with van der Waals surface area (Å²) >= 11 is 0. The van der Waals surface area contributed by atoms with Gasteiger partial charge in [-0.25, -0.2) is 0 Å². The van der Waals surface area contributed by atoms with Gasteiger partial charge in [0.1, 0.15) is 12.4 Å². The zero-order valence-corrected chi connectivity index (χ0v) is 22.7. The lowest BCUT2D eigenvalue weighted by Gasteiger charge is -2.36. The molecule has 0 radical (unpaired) electrons. The molecule has 0 spiro atoms. The lowest BCUT2D eigenvalue weighted by molar-refractivity contribution is -0.385. The SMILES string of the molecule is Cc1cc(NC2CCC(OCC(=O)N3CCN(c4ccc(OCC(C)C)cc4)CC3)CC2)ccc1[N+](=O)[O-]. The Morgan fingerprint density at radius 2 is 1.74 bits per heavy atom. The summed E-state index contributed by atoms with van der Waals surface area (Å²) in [7, 11) is 0. The van der Waals surface area contributed by atoms with E-state index in [2.05, 4.69) is 36.2 Å². The van der Waals surface area contributed by atoms with Gasteiger partial charge in [-0.1, -0.05) is 13.8 Å². The first-order valence-corrected chi connectivity index (χ1v) is 13.7. The smallest absolute Gasteiger partial charge is 0.272 e. The molecule has 2 aromatic rings. The molecule has 206 valence electrons. The molecule has 0 unspecified atom stereocenters. The summed E-state index contributed by atoms with van der Waals surface area (Å²) in [5.41, 5.74) is 2.85. The first-order valence-electron chi connectivity index (χ1n) is 13.7. The van der Waals surface area contributed by atoms with Gasteiger partial charge in [-0.3, -0.25) is 14.9 Å². The summed E-state index contributed by atoms with van der Waals surface area (Å²) in [4.78, 5) is 27.7. The number of piperazine rings is 1. The minimum atomic E-state index is -0.355. The molecule has 2 aliphatic rings. The third-order valence-corrected chi connectivity index (χ3v) is 7.30. The van der Waals surface area contributed by atoms with Crippen molar-refractivity contribution in [1.82, 2.24) is 4.90 Å². The maximum Gasteiger partial charge on any atom is 0.272 e. The van der Waals surface area contributed by atoms with Crippen molar-refractivity contribution in [1.29, 1.82) is 0 Å². The number of rotatable bonds is 10. The molecular formula is C29H40N4O5. The number of nitrogens with zero attached hydrogens (tertiary/aromatic N) is 3. The lowest BCUT2D eigenvalue weighted by atomic mass is 9.92. The number of carbonyl (C=O) groups is 1. The van der Waals surface area contributed by atoms with Gasteiger partial charge in [-0.05, 0) is 74.9 Å². The third kappa shape index (κ3) is 7.60.